The normalized spacial score (nSPS) is 28.5. The summed E-state index contributed by atoms with van der Waals surface area (Å²) in [6.07, 6.45) is 5.66. The second-order valence-electron chi connectivity index (χ2n) is 4.61. The van der Waals surface area contributed by atoms with Gasteiger partial charge < -0.3 is 5.32 Å². The number of halogens is 1. The fourth-order valence-corrected chi connectivity index (χ4v) is 2.35. The lowest BCUT2D eigenvalue weighted by Gasteiger charge is -2.27. The van der Waals surface area contributed by atoms with Crippen molar-refractivity contribution in [2.45, 2.75) is 51.3 Å². The third-order valence-corrected chi connectivity index (χ3v) is 3.99. The van der Waals surface area contributed by atoms with Crippen LogP contribution in [0.1, 0.15) is 46.0 Å². The smallest absolute Gasteiger partial charge is 0.222 e. The highest BCUT2D eigenvalue weighted by molar-refractivity contribution is 6.20. The zero-order chi connectivity index (χ0) is 11.3. The first kappa shape index (κ1) is 12.8. The molecule has 0 aliphatic heterocycles. The number of alkyl halides is 1. The quantitative estimate of drug-likeness (QED) is 0.741. The molecule has 1 amide bonds. The van der Waals surface area contributed by atoms with Crippen molar-refractivity contribution in [3.63, 3.8) is 0 Å². The van der Waals surface area contributed by atoms with Crippen LogP contribution >= 0.6 is 11.6 Å². The first-order chi connectivity index (χ1) is 7.15. The van der Waals surface area contributed by atoms with Gasteiger partial charge in [0.2, 0.25) is 5.91 Å². The Labute approximate surface area is 97.8 Å². The van der Waals surface area contributed by atoms with Gasteiger partial charge in [-0.25, -0.2) is 0 Å². The Bertz CT molecular complexity index is 208. The molecule has 1 rings (SSSR count). The van der Waals surface area contributed by atoms with E-state index in [1.807, 2.05) is 13.8 Å². The second-order valence-corrected chi connectivity index (χ2v) is 5.18. The molecule has 0 aromatic rings. The molecule has 0 heterocycles. The van der Waals surface area contributed by atoms with Crippen molar-refractivity contribution in [2.24, 2.45) is 11.8 Å². The molecule has 1 fully saturated rings. The molecule has 0 radical (unpaired) electrons. The molecular formula is C12H22ClNO. The van der Waals surface area contributed by atoms with E-state index in [9.17, 15) is 4.79 Å². The minimum Gasteiger partial charge on any atom is -0.356 e. The number of hydrogen-bond acceptors (Lipinski definition) is 1. The molecule has 2 nitrogen and oxygen atoms in total. The monoisotopic (exact) mass is 231 g/mol. The maximum absolute atomic E-state index is 11.6. The minimum absolute atomic E-state index is 0.127. The summed E-state index contributed by atoms with van der Waals surface area (Å²) in [4.78, 5) is 11.6. The fourth-order valence-electron chi connectivity index (χ4n) is 1.98. The van der Waals surface area contributed by atoms with E-state index >= 15 is 0 Å². The highest BCUT2D eigenvalue weighted by atomic mass is 35.5. The van der Waals surface area contributed by atoms with Crippen molar-refractivity contribution in [1.82, 2.24) is 5.32 Å². The summed E-state index contributed by atoms with van der Waals surface area (Å²) < 4.78 is 0. The molecule has 1 saturated carbocycles. The number of amides is 1. The molecule has 1 N–H and O–H groups in total. The van der Waals surface area contributed by atoms with Crippen molar-refractivity contribution >= 4 is 17.5 Å². The van der Waals surface area contributed by atoms with Crippen molar-refractivity contribution in [1.29, 1.82) is 0 Å². The average molecular weight is 232 g/mol. The molecule has 0 saturated heterocycles. The minimum atomic E-state index is 0.127. The van der Waals surface area contributed by atoms with Gasteiger partial charge in [-0.2, -0.15) is 0 Å². The Kier molecular flexibility index (Phi) is 5.44. The van der Waals surface area contributed by atoms with Crippen LogP contribution in [0, 0.1) is 11.8 Å². The molecule has 88 valence electrons. The summed E-state index contributed by atoms with van der Waals surface area (Å²) in [6.45, 7) is 4.76. The van der Waals surface area contributed by atoms with E-state index in [1.165, 1.54) is 12.8 Å². The molecule has 3 atom stereocenters. The Hall–Kier alpha value is -0.240. The molecule has 0 aromatic heterocycles. The third-order valence-electron chi connectivity index (χ3n) is 3.41. The molecule has 15 heavy (non-hydrogen) atoms. The molecule has 0 aromatic carbocycles. The van der Waals surface area contributed by atoms with E-state index in [1.54, 1.807) is 0 Å². The predicted octanol–water partition coefficient (Wildman–Crippen LogP) is 2.95. The van der Waals surface area contributed by atoms with Gasteiger partial charge >= 0.3 is 0 Å². The van der Waals surface area contributed by atoms with E-state index in [0.29, 0.717) is 5.92 Å². The zero-order valence-electron chi connectivity index (χ0n) is 9.76. The predicted molar refractivity (Wildman–Crippen MR) is 64.1 cm³/mol. The highest BCUT2D eigenvalue weighted by Crippen LogP contribution is 2.28. The largest absolute Gasteiger partial charge is 0.356 e. The molecule has 0 spiro atoms. The van der Waals surface area contributed by atoms with Gasteiger partial charge in [-0.15, -0.1) is 11.6 Å². The molecule has 0 bridgehead atoms. The van der Waals surface area contributed by atoms with Gasteiger partial charge in [-0.1, -0.05) is 26.7 Å². The molecule has 3 unspecified atom stereocenters. The SMILES string of the molecule is CCC(C)C(=O)NCC1CCCCC1Cl. The number of nitrogens with one attached hydrogen (secondary N) is 1. The Morgan fingerprint density at radius 1 is 1.47 bits per heavy atom. The Balaban J connectivity index is 2.26. The third kappa shape index (κ3) is 4.02. The maximum atomic E-state index is 11.6. The van der Waals surface area contributed by atoms with E-state index in [2.05, 4.69) is 5.32 Å². The first-order valence-corrected chi connectivity index (χ1v) is 6.50. The zero-order valence-corrected chi connectivity index (χ0v) is 10.5. The van der Waals surface area contributed by atoms with Crippen LogP contribution in [-0.4, -0.2) is 17.8 Å². The van der Waals surface area contributed by atoms with Crippen LogP contribution in [-0.2, 0) is 4.79 Å². The van der Waals surface area contributed by atoms with Crippen LogP contribution in [0.2, 0.25) is 0 Å². The van der Waals surface area contributed by atoms with Gasteiger partial charge in [-0.05, 0) is 25.2 Å². The van der Waals surface area contributed by atoms with Crippen LogP contribution < -0.4 is 5.32 Å². The molecule has 1 aliphatic rings. The lowest BCUT2D eigenvalue weighted by atomic mass is 9.88. The van der Waals surface area contributed by atoms with Gasteiger partial charge in [0.05, 0.1) is 0 Å². The fraction of sp³-hybridized carbons (Fsp3) is 0.917. The van der Waals surface area contributed by atoms with Crippen LogP contribution in [0.4, 0.5) is 0 Å². The van der Waals surface area contributed by atoms with Crippen LogP contribution in [0.25, 0.3) is 0 Å². The van der Waals surface area contributed by atoms with Crippen molar-refractivity contribution < 1.29 is 4.79 Å². The number of carbonyl (C=O) groups is 1. The summed E-state index contributed by atoms with van der Waals surface area (Å²) in [7, 11) is 0. The van der Waals surface area contributed by atoms with Crippen molar-refractivity contribution in [3.05, 3.63) is 0 Å². The van der Waals surface area contributed by atoms with Gasteiger partial charge in [0.15, 0.2) is 0 Å². The topological polar surface area (TPSA) is 29.1 Å². The Morgan fingerprint density at radius 2 is 2.13 bits per heavy atom. The number of carbonyl (C=O) groups excluding carboxylic acids is 1. The maximum Gasteiger partial charge on any atom is 0.222 e. The molecule has 3 heteroatoms. The van der Waals surface area contributed by atoms with Gasteiger partial charge in [0.1, 0.15) is 0 Å². The standard InChI is InChI=1S/C12H22ClNO/c1-3-9(2)12(15)14-8-10-6-4-5-7-11(10)13/h9-11H,3-8H2,1-2H3,(H,14,15). The summed E-state index contributed by atoms with van der Waals surface area (Å²) in [5, 5.41) is 3.27. The highest BCUT2D eigenvalue weighted by Gasteiger charge is 2.23. The van der Waals surface area contributed by atoms with E-state index in [0.717, 1.165) is 25.8 Å². The van der Waals surface area contributed by atoms with E-state index < -0.39 is 0 Å². The van der Waals surface area contributed by atoms with Crippen LogP contribution in [0.15, 0.2) is 0 Å². The summed E-state index contributed by atoms with van der Waals surface area (Å²) in [6, 6.07) is 0. The van der Waals surface area contributed by atoms with Gasteiger partial charge in [-0.3, -0.25) is 4.79 Å². The lowest BCUT2D eigenvalue weighted by Crippen LogP contribution is -2.37. The number of rotatable bonds is 4. The van der Waals surface area contributed by atoms with E-state index in [-0.39, 0.29) is 17.2 Å². The molecular weight excluding hydrogens is 210 g/mol. The van der Waals surface area contributed by atoms with Crippen molar-refractivity contribution in [3.8, 4) is 0 Å². The van der Waals surface area contributed by atoms with Gasteiger partial charge in [0, 0.05) is 17.8 Å². The van der Waals surface area contributed by atoms with Crippen LogP contribution in [0.5, 0.6) is 0 Å². The summed E-state index contributed by atoms with van der Waals surface area (Å²) in [5.41, 5.74) is 0. The van der Waals surface area contributed by atoms with E-state index in [4.69, 9.17) is 11.6 Å². The van der Waals surface area contributed by atoms with Crippen molar-refractivity contribution in [2.75, 3.05) is 6.54 Å². The lowest BCUT2D eigenvalue weighted by molar-refractivity contribution is -0.124. The Morgan fingerprint density at radius 3 is 2.73 bits per heavy atom. The average Bonchev–Trinajstić information content (AvgIpc) is 2.26. The molecule has 1 aliphatic carbocycles. The first-order valence-electron chi connectivity index (χ1n) is 6.07. The van der Waals surface area contributed by atoms with Crippen LogP contribution in [0.3, 0.4) is 0 Å². The second kappa shape index (κ2) is 6.37. The summed E-state index contributed by atoms with van der Waals surface area (Å²) >= 11 is 6.23. The summed E-state index contributed by atoms with van der Waals surface area (Å²) in [5.74, 6) is 0.780. The van der Waals surface area contributed by atoms with Gasteiger partial charge in [0.25, 0.3) is 0 Å². The number of hydrogen-bond donors (Lipinski definition) is 1.